The second-order valence-electron chi connectivity index (χ2n) is 5.86. The molecule has 2 aromatic heterocycles. The van der Waals surface area contributed by atoms with Crippen LogP contribution in [0.2, 0.25) is 0 Å². The number of nitrogens with one attached hydrogen (secondary N) is 2. The molecule has 0 aliphatic rings. The maximum atomic E-state index is 11.7. The molecule has 27 heavy (non-hydrogen) atoms. The molecular weight excluding hydrogens is 346 g/mol. The van der Waals surface area contributed by atoms with Crippen molar-refractivity contribution in [3.63, 3.8) is 0 Å². The van der Waals surface area contributed by atoms with E-state index in [0.717, 1.165) is 10.9 Å². The first-order valence-electron chi connectivity index (χ1n) is 8.32. The van der Waals surface area contributed by atoms with E-state index in [1.54, 1.807) is 13.1 Å². The summed E-state index contributed by atoms with van der Waals surface area (Å²) < 4.78 is 0. The molecule has 0 aliphatic carbocycles. The van der Waals surface area contributed by atoms with Gasteiger partial charge in [-0.1, -0.05) is 19.1 Å². The highest BCUT2D eigenvalue weighted by atomic mass is 16.1. The maximum Gasteiger partial charge on any atom is 0.254 e. The largest absolute Gasteiger partial charge is 0.368 e. The lowest BCUT2D eigenvalue weighted by Crippen LogP contribution is -2.35. The van der Waals surface area contributed by atoms with Gasteiger partial charge >= 0.3 is 0 Å². The average Bonchev–Trinajstić information content (AvgIpc) is 2.65. The third kappa shape index (κ3) is 4.09. The van der Waals surface area contributed by atoms with Gasteiger partial charge in [0.15, 0.2) is 0 Å². The van der Waals surface area contributed by atoms with Crippen molar-refractivity contribution in [3.8, 4) is 0 Å². The highest BCUT2D eigenvalue weighted by molar-refractivity contribution is 5.98. The quantitative estimate of drug-likeness (QED) is 0.496. The first-order chi connectivity index (χ1) is 13.0. The summed E-state index contributed by atoms with van der Waals surface area (Å²) in [6.07, 6.45) is 3.46. The number of carbonyl (C=O) groups excluding carboxylic acids is 2. The number of hydrogen-bond donors (Lipinski definition) is 4. The molecule has 0 saturated heterocycles. The van der Waals surface area contributed by atoms with Crippen molar-refractivity contribution in [1.29, 1.82) is 0 Å². The van der Waals surface area contributed by atoms with Gasteiger partial charge in [-0.05, 0) is 24.6 Å². The Bertz CT molecular complexity index is 1010. The maximum absolute atomic E-state index is 11.7. The van der Waals surface area contributed by atoms with Gasteiger partial charge in [-0.2, -0.15) is 4.98 Å². The molecule has 9 heteroatoms. The third-order valence-corrected chi connectivity index (χ3v) is 3.98. The van der Waals surface area contributed by atoms with Crippen molar-refractivity contribution in [2.45, 2.75) is 19.4 Å². The van der Waals surface area contributed by atoms with E-state index in [1.165, 1.54) is 6.20 Å². The first kappa shape index (κ1) is 18.1. The average molecular weight is 365 g/mol. The predicted octanol–water partition coefficient (Wildman–Crippen LogP) is 1.54. The minimum absolute atomic E-state index is 0.119. The van der Waals surface area contributed by atoms with E-state index in [9.17, 15) is 9.59 Å². The molecule has 0 aliphatic heterocycles. The number of nitrogens with zero attached hydrogens (tertiary/aromatic N) is 3. The van der Waals surface area contributed by atoms with Gasteiger partial charge in [-0.25, -0.2) is 4.98 Å². The first-order valence-corrected chi connectivity index (χ1v) is 8.32. The number of aromatic nitrogens is 3. The summed E-state index contributed by atoms with van der Waals surface area (Å²) in [7, 11) is 0. The van der Waals surface area contributed by atoms with Gasteiger partial charge in [0.2, 0.25) is 11.9 Å². The number of primary amides is 2. The van der Waals surface area contributed by atoms with E-state index in [2.05, 4.69) is 25.6 Å². The van der Waals surface area contributed by atoms with Gasteiger partial charge in [0.05, 0.1) is 5.52 Å². The summed E-state index contributed by atoms with van der Waals surface area (Å²) in [4.78, 5) is 35.8. The van der Waals surface area contributed by atoms with Crippen LogP contribution in [0.3, 0.4) is 0 Å². The third-order valence-electron chi connectivity index (χ3n) is 3.98. The highest BCUT2D eigenvalue weighted by Crippen LogP contribution is 2.23. The van der Waals surface area contributed by atoms with Crippen LogP contribution < -0.4 is 22.1 Å². The Morgan fingerprint density at radius 2 is 2.00 bits per heavy atom. The zero-order chi connectivity index (χ0) is 19.4. The summed E-state index contributed by atoms with van der Waals surface area (Å²) >= 11 is 0. The van der Waals surface area contributed by atoms with Gasteiger partial charge in [-0.15, -0.1) is 0 Å². The number of benzene rings is 1. The van der Waals surface area contributed by atoms with E-state index in [4.69, 9.17) is 11.5 Å². The molecule has 3 aromatic rings. The Morgan fingerprint density at radius 1 is 1.19 bits per heavy atom. The Morgan fingerprint density at radius 3 is 2.70 bits per heavy atom. The molecule has 138 valence electrons. The van der Waals surface area contributed by atoms with Gasteiger partial charge < -0.3 is 22.1 Å². The molecule has 0 bridgehead atoms. The molecule has 0 radical (unpaired) electrons. The molecule has 6 N–H and O–H groups in total. The Labute approximate surface area is 155 Å². The number of anilines is 3. The molecule has 0 spiro atoms. The number of hydrogen-bond acceptors (Lipinski definition) is 7. The van der Waals surface area contributed by atoms with Crippen LogP contribution in [0.1, 0.15) is 23.7 Å². The van der Waals surface area contributed by atoms with Gasteiger partial charge in [0, 0.05) is 23.5 Å². The Balaban J connectivity index is 1.94. The standard InChI is InChI=1S/C18H19N7O2/c1-2-13(16(20)27)24-18-22-9-12(15(19)26)17(25-18)23-11-6-5-10-4-3-7-21-14(10)8-11/h3-9,13H,2H2,1H3,(H2,19,26)(H2,20,27)(H2,22,23,24,25). The van der Waals surface area contributed by atoms with Crippen molar-refractivity contribution in [2.24, 2.45) is 11.5 Å². The van der Waals surface area contributed by atoms with Gasteiger partial charge in [0.1, 0.15) is 17.4 Å². The van der Waals surface area contributed by atoms with Crippen LogP contribution in [-0.4, -0.2) is 32.8 Å². The zero-order valence-corrected chi connectivity index (χ0v) is 14.6. The molecule has 0 fully saturated rings. The molecular formula is C18H19N7O2. The monoisotopic (exact) mass is 365 g/mol. The second kappa shape index (κ2) is 7.65. The van der Waals surface area contributed by atoms with E-state index in [-0.39, 0.29) is 17.3 Å². The molecule has 1 unspecified atom stereocenters. The summed E-state index contributed by atoms with van der Waals surface area (Å²) in [5.41, 5.74) is 12.3. The van der Waals surface area contributed by atoms with Crippen LogP contribution in [0.15, 0.2) is 42.7 Å². The highest BCUT2D eigenvalue weighted by Gasteiger charge is 2.17. The van der Waals surface area contributed by atoms with Crippen molar-refractivity contribution in [1.82, 2.24) is 15.0 Å². The van der Waals surface area contributed by atoms with Crippen molar-refractivity contribution >= 4 is 40.2 Å². The van der Waals surface area contributed by atoms with Crippen LogP contribution in [-0.2, 0) is 4.79 Å². The Kier molecular flexibility index (Phi) is 5.11. The van der Waals surface area contributed by atoms with Gasteiger partial charge in [-0.3, -0.25) is 14.6 Å². The summed E-state index contributed by atoms with van der Waals surface area (Å²) in [6.45, 7) is 1.81. The molecule has 2 amide bonds. The summed E-state index contributed by atoms with van der Waals surface area (Å²) in [6, 6.07) is 8.74. The van der Waals surface area contributed by atoms with Crippen LogP contribution in [0.25, 0.3) is 10.9 Å². The fraction of sp³-hybridized carbons (Fsp3) is 0.167. The van der Waals surface area contributed by atoms with E-state index in [1.807, 2.05) is 30.3 Å². The number of nitrogens with two attached hydrogens (primary N) is 2. The number of rotatable bonds is 7. The number of amides is 2. The lowest BCUT2D eigenvalue weighted by molar-refractivity contribution is -0.118. The molecule has 2 heterocycles. The normalized spacial score (nSPS) is 11.7. The fourth-order valence-corrected chi connectivity index (χ4v) is 2.54. The minimum Gasteiger partial charge on any atom is -0.368 e. The molecule has 1 atom stereocenters. The van der Waals surface area contributed by atoms with E-state index in [0.29, 0.717) is 12.1 Å². The fourth-order valence-electron chi connectivity index (χ4n) is 2.54. The smallest absolute Gasteiger partial charge is 0.254 e. The van der Waals surface area contributed by atoms with Crippen molar-refractivity contribution in [3.05, 3.63) is 48.3 Å². The van der Waals surface area contributed by atoms with Crippen molar-refractivity contribution in [2.75, 3.05) is 10.6 Å². The van der Waals surface area contributed by atoms with Crippen LogP contribution >= 0.6 is 0 Å². The topological polar surface area (TPSA) is 149 Å². The summed E-state index contributed by atoms with van der Waals surface area (Å²) in [5, 5.41) is 6.89. The lowest BCUT2D eigenvalue weighted by Gasteiger charge is -2.15. The number of carbonyl (C=O) groups is 2. The van der Waals surface area contributed by atoms with Crippen LogP contribution in [0.4, 0.5) is 17.5 Å². The lowest BCUT2D eigenvalue weighted by atomic mass is 10.2. The van der Waals surface area contributed by atoms with Crippen LogP contribution in [0, 0.1) is 0 Å². The molecule has 9 nitrogen and oxygen atoms in total. The zero-order valence-electron chi connectivity index (χ0n) is 14.6. The van der Waals surface area contributed by atoms with Crippen LogP contribution in [0.5, 0.6) is 0 Å². The minimum atomic E-state index is -0.676. The summed E-state index contributed by atoms with van der Waals surface area (Å²) in [5.74, 6) is -0.818. The molecule has 0 saturated carbocycles. The van der Waals surface area contributed by atoms with E-state index < -0.39 is 17.9 Å². The molecule has 3 rings (SSSR count). The SMILES string of the molecule is CCC(Nc1ncc(C(N)=O)c(Nc2ccc3cccnc3c2)n1)C(N)=O. The Hall–Kier alpha value is -3.75. The van der Waals surface area contributed by atoms with E-state index >= 15 is 0 Å². The second-order valence-corrected chi connectivity index (χ2v) is 5.86. The van der Waals surface area contributed by atoms with Gasteiger partial charge in [0.25, 0.3) is 5.91 Å². The number of fused-ring (bicyclic) bond motifs is 1. The predicted molar refractivity (Wildman–Crippen MR) is 102 cm³/mol. The molecule has 1 aromatic carbocycles. The van der Waals surface area contributed by atoms with Crippen molar-refractivity contribution < 1.29 is 9.59 Å². The number of pyridine rings is 1.